The molecule has 2 heterocycles. The molecule has 0 fully saturated rings. The highest BCUT2D eigenvalue weighted by molar-refractivity contribution is 5.75. The second kappa shape index (κ2) is 9.78. The SMILES string of the molecule is Cc1ccnc(-c2cc(CCCCCC(=O)NCCN)ccn2)c1. The van der Waals surface area contributed by atoms with E-state index in [1.807, 2.05) is 30.6 Å². The monoisotopic (exact) mass is 326 g/mol. The normalized spacial score (nSPS) is 10.6. The van der Waals surface area contributed by atoms with E-state index >= 15 is 0 Å². The quantitative estimate of drug-likeness (QED) is 0.694. The van der Waals surface area contributed by atoms with Gasteiger partial charge in [0.1, 0.15) is 0 Å². The maximum Gasteiger partial charge on any atom is 0.220 e. The highest BCUT2D eigenvalue weighted by atomic mass is 16.1. The highest BCUT2D eigenvalue weighted by Gasteiger charge is 2.04. The van der Waals surface area contributed by atoms with E-state index in [4.69, 9.17) is 5.73 Å². The van der Waals surface area contributed by atoms with Gasteiger partial charge in [-0.3, -0.25) is 14.8 Å². The van der Waals surface area contributed by atoms with Crippen molar-refractivity contribution in [3.05, 3.63) is 47.8 Å². The van der Waals surface area contributed by atoms with Gasteiger partial charge < -0.3 is 11.1 Å². The van der Waals surface area contributed by atoms with E-state index in [0.717, 1.165) is 37.1 Å². The molecular weight excluding hydrogens is 300 g/mol. The number of amides is 1. The fourth-order valence-electron chi connectivity index (χ4n) is 2.54. The molecule has 0 aromatic carbocycles. The number of hydrogen-bond acceptors (Lipinski definition) is 4. The van der Waals surface area contributed by atoms with Crippen LogP contribution in [0.1, 0.15) is 36.8 Å². The van der Waals surface area contributed by atoms with Crippen LogP contribution in [0, 0.1) is 6.92 Å². The van der Waals surface area contributed by atoms with E-state index in [1.54, 1.807) is 0 Å². The predicted molar refractivity (Wildman–Crippen MR) is 96.4 cm³/mol. The van der Waals surface area contributed by atoms with Gasteiger partial charge in [-0.15, -0.1) is 0 Å². The molecule has 0 aliphatic heterocycles. The third kappa shape index (κ3) is 6.08. The van der Waals surface area contributed by atoms with Crippen LogP contribution in [0.25, 0.3) is 11.4 Å². The van der Waals surface area contributed by atoms with Crippen molar-refractivity contribution in [1.29, 1.82) is 0 Å². The Morgan fingerprint density at radius 3 is 2.58 bits per heavy atom. The van der Waals surface area contributed by atoms with Crippen LogP contribution in [-0.4, -0.2) is 29.0 Å². The third-order valence-corrected chi connectivity index (χ3v) is 3.84. The smallest absolute Gasteiger partial charge is 0.220 e. The Morgan fingerprint density at radius 1 is 1.08 bits per heavy atom. The van der Waals surface area contributed by atoms with Gasteiger partial charge in [0.2, 0.25) is 5.91 Å². The Kier molecular flexibility index (Phi) is 7.36. The molecule has 2 aromatic rings. The zero-order chi connectivity index (χ0) is 17.2. The lowest BCUT2D eigenvalue weighted by Crippen LogP contribution is -2.28. The van der Waals surface area contributed by atoms with E-state index in [1.165, 1.54) is 11.1 Å². The van der Waals surface area contributed by atoms with Crippen molar-refractivity contribution in [1.82, 2.24) is 15.3 Å². The summed E-state index contributed by atoms with van der Waals surface area (Å²) in [6, 6.07) is 8.19. The minimum Gasteiger partial charge on any atom is -0.355 e. The van der Waals surface area contributed by atoms with E-state index in [0.29, 0.717) is 19.5 Å². The van der Waals surface area contributed by atoms with Crippen LogP contribution in [0.4, 0.5) is 0 Å². The first-order valence-electron chi connectivity index (χ1n) is 8.54. The molecule has 3 N–H and O–H groups in total. The maximum atomic E-state index is 11.5. The third-order valence-electron chi connectivity index (χ3n) is 3.84. The molecule has 0 unspecified atom stereocenters. The second-order valence-electron chi connectivity index (χ2n) is 5.97. The van der Waals surface area contributed by atoms with Crippen molar-refractivity contribution < 1.29 is 4.79 Å². The number of nitrogens with two attached hydrogens (primary N) is 1. The number of aryl methyl sites for hydroxylation is 2. The molecule has 0 saturated heterocycles. The molecule has 2 rings (SSSR count). The zero-order valence-electron chi connectivity index (χ0n) is 14.3. The number of pyridine rings is 2. The van der Waals surface area contributed by atoms with Crippen LogP contribution in [0.5, 0.6) is 0 Å². The number of hydrogen-bond donors (Lipinski definition) is 2. The summed E-state index contributed by atoms with van der Waals surface area (Å²) >= 11 is 0. The standard InChI is InChI=1S/C19H26N4O/c1-15-7-10-21-17(13-15)18-14-16(8-11-22-18)5-3-2-4-6-19(24)23-12-9-20/h7-8,10-11,13-14H,2-6,9,12,20H2,1H3,(H,23,24). The maximum absolute atomic E-state index is 11.5. The van der Waals surface area contributed by atoms with E-state index in [2.05, 4.69) is 28.3 Å². The van der Waals surface area contributed by atoms with Crippen LogP contribution in [0.15, 0.2) is 36.7 Å². The van der Waals surface area contributed by atoms with E-state index in [-0.39, 0.29) is 5.91 Å². The fourth-order valence-corrected chi connectivity index (χ4v) is 2.54. The Hall–Kier alpha value is -2.27. The van der Waals surface area contributed by atoms with Crippen LogP contribution >= 0.6 is 0 Å². The molecule has 0 atom stereocenters. The molecule has 24 heavy (non-hydrogen) atoms. The first-order valence-corrected chi connectivity index (χ1v) is 8.54. The molecule has 5 heteroatoms. The number of nitrogens with one attached hydrogen (secondary N) is 1. The Morgan fingerprint density at radius 2 is 1.83 bits per heavy atom. The van der Waals surface area contributed by atoms with Crippen molar-refractivity contribution in [2.24, 2.45) is 5.73 Å². The largest absolute Gasteiger partial charge is 0.355 e. The van der Waals surface area contributed by atoms with Gasteiger partial charge >= 0.3 is 0 Å². The molecule has 5 nitrogen and oxygen atoms in total. The molecule has 2 aromatic heterocycles. The number of carbonyl (C=O) groups is 1. The number of aromatic nitrogens is 2. The molecule has 0 spiro atoms. The summed E-state index contributed by atoms with van der Waals surface area (Å²) in [6.45, 7) is 3.11. The lowest BCUT2D eigenvalue weighted by Gasteiger charge is -2.06. The summed E-state index contributed by atoms with van der Waals surface area (Å²) in [5.74, 6) is 0.0946. The van der Waals surface area contributed by atoms with Crippen LogP contribution < -0.4 is 11.1 Å². The molecule has 0 saturated carbocycles. The lowest BCUT2D eigenvalue weighted by atomic mass is 10.1. The molecule has 0 aliphatic rings. The van der Waals surface area contributed by atoms with Crippen LogP contribution in [-0.2, 0) is 11.2 Å². The predicted octanol–water partition coefficient (Wildman–Crippen LogP) is 2.63. The minimum absolute atomic E-state index is 0.0946. The van der Waals surface area contributed by atoms with Crippen molar-refractivity contribution >= 4 is 5.91 Å². The fraction of sp³-hybridized carbons (Fsp3) is 0.421. The van der Waals surface area contributed by atoms with Crippen LogP contribution in [0.2, 0.25) is 0 Å². The average Bonchev–Trinajstić information content (AvgIpc) is 2.60. The number of carbonyl (C=O) groups excluding carboxylic acids is 1. The van der Waals surface area contributed by atoms with Gasteiger partial charge in [0.25, 0.3) is 0 Å². The van der Waals surface area contributed by atoms with Gasteiger partial charge in [-0.05, 0) is 61.6 Å². The minimum atomic E-state index is 0.0946. The summed E-state index contributed by atoms with van der Waals surface area (Å²) in [6.07, 6.45) is 8.24. The Balaban J connectivity index is 1.78. The number of nitrogens with zero attached hydrogens (tertiary/aromatic N) is 2. The van der Waals surface area contributed by atoms with Crippen molar-refractivity contribution in [3.63, 3.8) is 0 Å². The highest BCUT2D eigenvalue weighted by Crippen LogP contribution is 2.17. The molecular formula is C19H26N4O. The topological polar surface area (TPSA) is 80.9 Å². The summed E-state index contributed by atoms with van der Waals surface area (Å²) in [4.78, 5) is 20.3. The van der Waals surface area contributed by atoms with Crippen molar-refractivity contribution in [2.45, 2.75) is 39.0 Å². The van der Waals surface area contributed by atoms with E-state index < -0.39 is 0 Å². The number of unbranched alkanes of at least 4 members (excludes halogenated alkanes) is 2. The zero-order valence-corrected chi connectivity index (χ0v) is 14.3. The Labute approximate surface area is 143 Å². The lowest BCUT2D eigenvalue weighted by molar-refractivity contribution is -0.121. The molecule has 0 radical (unpaired) electrons. The van der Waals surface area contributed by atoms with Crippen molar-refractivity contribution in [2.75, 3.05) is 13.1 Å². The van der Waals surface area contributed by atoms with E-state index in [9.17, 15) is 4.79 Å². The number of rotatable bonds is 9. The second-order valence-corrected chi connectivity index (χ2v) is 5.97. The first-order chi connectivity index (χ1) is 11.7. The van der Waals surface area contributed by atoms with Gasteiger partial charge in [0.05, 0.1) is 11.4 Å². The first kappa shape index (κ1) is 18.1. The molecule has 0 aliphatic carbocycles. The summed E-state index contributed by atoms with van der Waals surface area (Å²) in [5.41, 5.74) is 9.62. The average molecular weight is 326 g/mol. The summed E-state index contributed by atoms with van der Waals surface area (Å²) in [7, 11) is 0. The molecule has 0 bridgehead atoms. The van der Waals surface area contributed by atoms with Gasteiger partial charge in [0, 0.05) is 31.9 Å². The molecule has 1 amide bonds. The van der Waals surface area contributed by atoms with Crippen LogP contribution in [0.3, 0.4) is 0 Å². The van der Waals surface area contributed by atoms with Gasteiger partial charge in [-0.25, -0.2) is 0 Å². The van der Waals surface area contributed by atoms with Crippen molar-refractivity contribution in [3.8, 4) is 11.4 Å². The Bertz CT molecular complexity index is 657. The van der Waals surface area contributed by atoms with Gasteiger partial charge in [-0.2, -0.15) is 0 Å². The summed E-state index contributed by atoms with van der Waals surface area (Å²) < 4.78 is 0. The summed E-state index contributed by atoms with van der Waals surface area (Å²) in [5, 5.41) is 2.79. The van der Waals surface area contributed by atoms with Gasteiger partial charge in [0.15, 0.2) is 0 Å². The van der Waals surface area contributed by atoms with Gasteiger partial charge in [-0.1, -0.05) is 6.42 Å². The molecule has 128 valence electrons.